The van der Waals surface area contributed by atoms with E-state index in [1.54, 1.807) is 0 Å². The molecule has 0 saturated carbocycles. The molecular formula is C22H29N5S2. The van der Waals surface area contributed by atoms with Crippen LogP contribution in [0.25, 0.3) is 0 Å². The fourth-order valence-electron chi connectivity index (χ4n) is 3.41. The smallest absolute Gasteiger partial charge is 0.199 e. The molecule has 7 heteroatoms. The first-order valence-electron chi connectivity index (χ1n) is 9.84. The van der Waals surface area contributed by atoms with Gasteiger partial charge in [-0.25, -0.2) is 0 Å². The molecule has 0 spiro atoms. The van der Waals surface area contributed by atoms with E-state index < -0.39 is 0 Å². The van der Waals surface area contributed by atoms with Crippen molar-refractivity contribution in [2.24, 2.45) is 10.7 Å². The van der Waals surface area contributed by atoms with Gasteiger partial charge in [0.1, 0.15) is 0 Å². The lowest BCUT2D eigenvalue weighted by Crippen LogP contribution is -2.41. The number of aliphatic imine (C=N–C) groups is 1. The van der Waals surface area contributed by atoms with E-state index in [1.165, 1.54) is 35.9 Å². The Balaban J connectivity index is 1.48. The number of nitrogens with zero attached hydrogens (tertiary/aromatic N) is 3. The van der Waals surface area contributed by atoms with Gasteiger partial charge in [-0.1, -0.05) is 42.1 Å². The zero-order valence-electron chi connectivity index (χ0n) is 17.0. The molecule has 1 aliphatic rings. The number of amidine groups is 1. The third-order valence-electron chi connectivity index (χ3n) is 5.12. The quantitative estimate of drug-likeness (QED) is 0.424. The molecule has 3 rings (SSSR count). The Hall–Kier alpha value is -2.09. The predicted octanol–water partition coefficient (Wildman–Crippen LogP) is 4.16. The van der Waals surface area contributed by atoms with Crippen LogP contribution in [-0.2, 0) is 5.75 Å². The monoisotopic (exact) mass is 427 g/mol. The molecule has 1 aliphatic heterocycles. The summed E-state index contributed by atoms with van der Waals surface area (Å²) < 4.78 is 0. The lowest BCUT2D eigenvalue weighted by atomic mass is 10.0. The average Bonchev–Trinajstić information content (AvgIpc) is 2.73. The fraction of sp³-hybridized carbons (Fsp3) is 0.364. The summed E-state index contributed by atoms with van der Waals surface area (Å²) in [5, 5.41) is 3.99. The Morgan fingerprint density at radius 2 is 1.79 bits per heavy atom. The largest absolute Gasteiger partial charge is 0.378 e. The van der Waals surface area contributed by atoms with Crippen molar-refractivity contribution in [2.75, 3.05) is 37.4 Å². The fourth-order valence-corrected chi connectivity index (χ4v) is 4.35. The number of hydrogen-bond donors (Lipinski definition) is 2. The molecule has 0 unspecified atom stereocenters. The van der Waals surface area contributed by atoms with E-state index in [1.807, 2.05) is 30.3 Å². The highest BCUT2D eigenvalue weighted by Crippen LogP contribution is 2.23. The standard InChI is InChI=1S/C22H29N5S2/c1-26(2)19-12-14-27(15-13-19)20-10-8-18(9-11-20)24-22(28)25-21(23)29-16-17-6-4-3-5-7-17/h3-11,19H,12-16H2,1-2H3,(H3,23,24,25,28). The molecule has 2 aromatic rings. The zero-order valence-corrected chi connectivity index (χ0v) is 18.7. The van der Waals surface area contributed by atoms with Crippen LogP contribution in [-0.4, -0.2) is 48.4 Å². The number of piperidine rings is 1. The van der Waals surface area contributed by atoms with Crippen LogP contribution in [0.5, 0.6) is 0 Å². The van der Waals surface area contributed by atoms with Gasteiger partial charge < -0.3 is 20.9 Å². The van der Waals surface area contributed by atoms with Gasteiger partial charge >= 0.3 is 0 Å². The van der Waals surface area contributed by atoms with Crippen LogP contribution >= 0.6 is 24.0 Å². The predicted molar refractivity (Wildman–Crippen MR) is 131 cm³/mol. The molecule has 0 aliphatic carbocycles. The third-order valence-corrected chi connectivity index (χ3v) is 6.18. The van der Waals surface area contributed by atoms with Crippen molar-refractivity contribution in [3.8, 4) is 0 Å². The number of nitrogens with two attached hydrogens (primary N) is 1. The summed E-state index contributed by atoms with van der Waals surface area (Å²) in [4.78, 5) is 9.06. The van der Waals surface area contributed by atoms with E-state index in [-0.39, 0.29) is 0 Å². The molecule has 0 amide bonds. The maximum atomic E-state index is 6.01. The van der Waals surface area contributed by atoms with Crippen molar-refractivity contribution in [1.82, 2.24) is 4.90 Å². The molecule has 2 aromatic carbocycles. The van der Waals surface area contributed by atoms with Crippen molar-refractivity contribution < 1.29 is 0 Å². The van der Waals surface area contributed by atoms with Crippen molar-refractivity contribution in [3.63, 3.8) is 0 Å². The van der Waals surface area contributed by atoms with Gasteiger partial charge in [-0.2, -0.15) is 4.99 Å². The summed E-state index contributed by atoms with van der Waals surface area (Å²) in [6.45, 7) is 2.18. The van der Waals surface area contributed by atoms with Crippen LogP contribution in [0.1, 0.15) is 18.4 Å². The zero-order chi connectivity index (χ0) is 20.6. The molecule has 1 heterocycles. The number of anilines is 2. The van der Waals surface area contributed by atoms with Crippen LogP contribution in [0, 0.1) is 0 Å². The minimum Gasteiger partial charge on any atom is -0.378 e. The van der Waals surface area contributed by atoms with Crippen LogP contribution in [0.3, 0.4) is 0 Å². The van der Waals surface area contributed by atoms with Gasteiger partial charge in [0.05, 0.1) is 0 Å². The Morgan fingerprint density at radius 1 is 1.14 bits per heavy atom. The van der Waals surface area contributed by atoms with Gasteiger partial charge in [-0.3, -0.25) is 0 Å². The van der Waals surface area contributed by atoms with Crippen LogP contribution in [0.15, 0.2) is 59.6 Å². The van der Waals surface area contributed by atoms with Crippen LogP contribution in [0.4, 0.5) is 11.4 Å². The SMILES string of the molecule is CN(C)C1CCN(c2ccc(NC(=S)N=C(N)SCc3ccccc3)cc2)CC1. The maximum Gasteiger partial charge on any atom is 0.199 e. The number of benzene rings is 2. The first kappa shape index (κ1) is 21.6. The molecular weight excluding hydrogens is 398 g/mol. The first-order valence-corrected chi connectivity index (χ1v) is 11.2. The molecule has 5 nitrogen and oxygen atoms in total. The summed E-state index contributed by atoms with van der Waals surface area (Å²) in [6, 6.07) is 19.2. The lowest BCUT2D eigenvalue weighted by Gasteiger charge is -2.36. The summed E-state index contributed by atoms with van der Waals surface area (Å²) >= 11 is 6.81. The Labute approximate surface area is 183 Å². The summed E-state index contributed by atoms with van der Waals surface area (Å²) in [5.41, 5.74) is 9.39. The average molecular weight is 428 g/mol. The van der Waals surface area contributed by atoms with Crippen molar-refractivity contribution >= 4 is 45.6 Å². The minimum absolute atomic E-state index is 0.377. The van der Waals surface area contributed by atoms with E-state index in [4.69, 9.17) is 18.0 Å². The van der Waals surface area contributed by atoms with E-state index in [9.17, 15) is 0 Å². The van der Waals surface area contributed by atoms with Gasteiger partial charge in [0.15, 0.2) is 10.3 Å². The molecule has 0 bridgehead atoms. The van der Waals surface area contributed by atoms with Crippen LogP contribution in [0.2, 0.25) is 0 Å². The molecule has 0 atom stereocenters. The molecule has 154 valence electrons. The second kappa shape index (κ2) is 10.6. The van der Waals surface area contributed by atoms with Gasteiger partial charge in [0.2, 0.25) is 0 Å². The molecule has 1 saturated heterocycles. The second-order valence-corrected chi connectivity index (χ2v) is 8.77. The summed E-state index contributed by atoms with van der Waals surface area (Å²) in [5.74, 6) is 0.776. The van der Waals surface area contributed by atoms with E-state index in [0.29, 0.717) is 16.3 Å². The number of hydrogen-bond acceptors (Lipinski definition) is 4. The Bertz CT molecular complexity index is 813. The van der Waals surface area contributed by atoms with Crippen molar-refractivity contribution in [2.45, 2.75) is 24.6 Å². The molecule has 1 fully saturated rings. The Morgan fingerprint density at radius 3 is 2.41 bits per heavy atom. The van der Waals surface area contributed by atoms with Crippen molar-refractivity contribution in [3.05, 3.63) is 60.2 Å². The van der Waals surface area contributed by atoms with E-state index in [0.717, 1.165) is 24.5 Å². The first-order chi connectivity index (χ1) is 14.0. The van der Waals surface area contributed by atoms with Gasteiger partial charge in [-0.05, 0) is 69.0 Å². The number of thiocarbonyl (C=S) groups is 1. The lowest BCUT2D eigenvalue weighted by molar-refractivity contribution is 0.249. The van der Waals surface area contributed by atoms with Gasteiger partial charge in [0, 0.05) is 36.3 Å². The Kier molecular flexibility index (Phi) is 7.91. The normalized spacial score (nSPS) is 15.6. The third kappa shape index (κ3) is 6.73. The number of thioether (sulfide) groups is 1. The van der Waals surface area contributed by atoms with Gasteiger partial charge in [-0.15, -0.1) is 0 Å². The molecule has 0 aromatic heterocycles. The van der Waals surface area contributed by atoms with Crippen LogP contribution < -0.4 is 16.0 Å². The van der Waals surface area contributed by atoms with E-state index in [2.05, 4.69) is 58.5 Å². The molecule has 3 N–H and O–H groups in total. The maximum absolute atomic E-state index is 6.01. The van der Waals surface area contributed by atoms with E-state index >= 15 is 0 Å². The van der Waals surface area contributed by atoms with Gasteiger partial charge in [0.25, 0.3) is 0 Å². The highest BCUT2D eigenvalue weighted by molar-refractivity contribution is 8.13. The highest BCUT2D eigenvalue weighted by Gasteiger charge is 2.20. The minimum atomic E-state index is 0.377. The van der Waals surface area contributed by atoms with Crippen molar-refractivity contribution in [1.29, 1.82) is 0 Å². The second-order valence-electron chi connectivity index (χ2n) is 7.38. The molecule has 29 heavy (non-hydrogen) atoms. The topological polar surface area (TPSA) is 56.9 Å². The number of nitrogens with one attached hydrogen (secondary N) is 1. The summed E-state index contributed by atoms with van der Waals surface area (Å²) in [6.07, 6.45) is 2.40. The number of rotatable bonds is 5. The summed E-state index contributed by atoms with van der Waals surface area (Å²) in [7, 11) is 4.33. The molecule has 0 radical (unpaired) electrons. The highest BCUT2D eigenvalue weighted by atomic mass is 32.2.